The van der Waals surface area contributed by atoms with Gasteiger partial charge in [0.15, 0.2) is 16.7 Å². The van der Waals surface area contributed by atoms with Gasteiger partial charge >= 0.3 is 6.18 Å². The maximum Gasteiger partial charge on any atom is 0.416 e. The second kappa shape index (κ2) is 10.2. The van der Waals surface area contributed by atoms with Crippen LogP contribution >= 0.6 is 11.8 Å². The standard InChI is InChI=1S/C26H20F3N3O4S/c27-26(28,29)17-5-4-8-19(12-17)30-23(33)13-22-24(34)32(25(37-22)31-18-6-2-1-3-7-18)14-16-9-10-20-21(11-16)36-15-35-20/h1-12,22H,13-15H2,(H,30,33). The first-order chi connectivity index (χ1) is 17.8. The highest BCUT2D eigenvalue weighted by Crippen LogP contribution is 2.36. The molecule has 0 radical (unpaired) electrons. The van der Waals surface area contributed by atoms with E-state index in [1.54, 1.807) is 24.3 Å². The maximum absolute atomic E-state index is 13.4. The molecule has 7 nitrogen and oxygen atoms in total. The number of benzene rings is 3. The van der Waals surface area contributed by atoms with E-state index < -0.39 is 22.9 Å². The van der Waals surface area contributed by atoms with E-state index in [-0.39, 0.29) is 31.4 Å². The number of hydrogen-bond donors (Lipinski definition) is 1. The average Bonchev–Trinajstić information content (AvgIpc) is 3.44. The lowest BCUT2D eigenvalue weighted by Gasteiger charge is -2.17. The molecular weight excluding hydrogens is 507 g/mol. The molecule has 1 N–H and O–H groups in total. The van der Waals surface area contributed by atoms with Crippen molar-refractivity contribution >= 4 is 40.1 Å². The molecule has 2 aliphatic rings. The molecule has 2 amide bonds. The Kier molecular flexibility index (Phi) is 6.79. The lowest BCUT2D eigenvalue weighted by Crippen LogP contribution is -2.33. The largest absolute Gasteiger partial charge is 0.454 e. The Balaban J connectivity index is 1.34. The van der Waals surface area contributed by atoms with Crippen molar-refractivity contribution in [3.05, 3.63) is 83.9 Å². The Hall–Kier alpha value is -3.99. The Morgan fingerprint density at radius 3 is 2.59 bits per heavy atom. The molecule has 0 spiro atoms. The van der Waals surface area contributed by atoms with Crippen LogP contribution in [0.4, 0.5) is 24.5 Å². The van der Waals surface area contributed by atoms with Crippen molar-refractivity contribution in [2.75, 3.05) is 12.1 Å². The van der Waals surface area contributed by atoms with Crippen molar-refractivity contribution in [1.82, 2.24) is 4.90 Å². The van der Waals surface area contributed by atoms with Crippen molar-refractivity contribution in [2.24, 2.45) is 4.99 Å². The molecule has 2 aliphatic heterocycles. The van der Waals surface area contributed by atoms with Crippen LogP contribution in [0.3, 0.4) is 0 Å². The van der Waals surface area contributed by atoms with Crippen molar-refractivity contribution < 1.29 is 32.2 Å². The molecule has 1 saturated heterocycles. The molecule has 3 aromatic rings. The first kappa shape index (κ1) is 24.7. The third-order valence-electron chi connectivity index (χ3n) is 5.62. The van der Waals surface area contributed by atoms with Crippen LogP contribution in [0.2, 0.25) is 0 Å². The molecule has 190 valence electrons. The van der Waals surface area contributed by atoms with Gasteiger partial charge in [-0.1, -0.05) is 42.1 Å². The normalized spacial score (nSPS) is 17.9. The van der Waals surface area contributed by atoms with E-state index in [1.807, 2.05) is 24.3 Å². The highest BCUT2D eigenvalue weighted by atomic mass is 32.2. The third-order valence-corrected chi connectivity index (χ3v) is 6.80. The number of para-hydroxylation sites is 1. The molecule has 11 heteroatoms. The van der Waals surface area contributed by atoms with Gasteiger partial charge in [0.05, 0.1) is 17.8 Å². The van der Waals surface area contributed by atoms with Gasteiger partial charge in [-0.2, -0.15) is 13.2 Å². The Bertz CT molecular complexity index is 1360. The number of amidine groups is 1. The number of amides is 2. The summed E-state index contributed by atoms with van der Waals surface area (Å²) in [6.07, 6.45) is -4.76. The van der Waals surface area contributed by atoms with E-state index >= 15 is 0 Å². The second-order valence-electron chi connectivity index (χ2n) is 8.28. The fourth-order valence-corrected chi connectivity index (χ4v) is 5.02. The summed E-state index contributed by atoms with van der Waals surface area (Å²) in [5, 5.41) is 2.10. The van der Waals surface area contributed by atoms with Gasteiger partial charge in [-0.3, -0.25) is 14.5 Å². The molecule has 0 saturated carbocycles. The quantitative estimate of drug-likeness (QED) is 0.452. The Labute approximate surface area is 214 Å². The van der Waals surface area contributed by atoms with Gasteiger partial charge in [0.25, 0.3) is 0 Å². The van der Waals surface area contributed by atoms with Crippen molar-refractivity contribution in [3.8, 4) is 11.5 Å². The van der Waals surface area contributed by atoms with E-state index in [4.69, 9.17) is 9.47 Å². The maximum atomic E-state index is 13.4. The van der Waals surface area contributed by atoms with Crippen LogP contribution in [0, 0.1) is 0 Å². The van der Waals surface area contributed by atoms with Crippen LogP contribution in [0.1, 0.15) is 17.5 Å². The predicted octanol–water partition coefficient (Wildman–Crippen LogP) is 5.59. The topological polar surface area (TPSA) is 80.2 Å². The molecule has 1 fully saturated rings. The average molecular weight is 528 g/mol. The number of anilines is 1. The highest BCUT2D eigenvalue weighted by molar-refractivity contribution is 8.15. The number of thioether (sulfide) groups is 1. The molecule has 3 aromatic carbocycles. The molecule has 0 bridgehead atoms. The summed E-state index contributed by atoms with van der Waals surface area (Å²) < 4.78 is 49.8. The van der Waals surface area contributed by atoms with Gasteiger partial charge in [-0.25, -0.2) is 4.99 Å². The minimum absolute atomic E-state index is 0.00524. The number of halogens is 3. The van der Waals surface area contributed by atoms with E-state index in [0.29, 0.717) is 22.4 Å². The fourth-order valence-electron chi connectivity index (χ4n) is 3.86. The van der Waals surface area contributed by atoms with E-state index in [1.165, 1.54) is 17.0 Å². The number of aliphatic imine (C=N–C) groups is 1. The number of alkyl halides is 3. The summed E-state index contributed by atoms with van der Waals surface area (Å²) >= 11 is 1.14. The van der Waals surface area contributed by atoms with Crippen LogP contribution in [-0.4, -0.2) is 33.9 Å². The molecule has 5 rings (SSSR count). The van der Waals surface area contributed by atoms with Gasteiger partial charge in [0.2, 0.25) is 18.6 Å². The zero-order valence-corrected chi connectivity index (χ0v) is 20.0. The number of hydrogen-bond acceptors (Lipinski definition) is 6. The summed E-state index contributed by atoms with van der Waals surface area (Å²) in [5.41, 5.74) is 0.560. The Morgan fingerprint density at radius 2 is 1.81 bits per heavy atom. The highest BCUT2D eigenvalue weighted by Gasteiger charge is 2.39. The lowest BCUT2D eigenvalue weighted by atomic mass is 10.1. The summed E-state index contributed by atoms with van der Waals surface area (Å²) in [7, 11) is 0. The molecule has 1 atom stereocenters. The fraction of sp³-hybridized carbons (Fsp3) is 0.192. The summed E-state index contributed by atoms with van der Waals surface area (Å²) in [6, 6.07) is 18.8. The molecule has 37 heavy (non-hydrogen) atoms. The molecular formula is C26H20F3N3O4S. The van der Waals surface area contributed by atoms with Gasteiger partial charge in [0.1, 0.15) is 5.25 Å². The number of nitrogens with zero attached hydrogens (tertiary/aromatic N) is 2. The number of carbonyl (C=O) groups excluding carboxylic acids is 2. The number of carbonyl (C=O) groups is 2. The minimum Gasteiger partial charge on any atom is -0.454 e. The Morgan fingerprint density at radius 1 is 1.03 bits per heavy atom. The first-order valence-electron chi connectivity index (χ1n) is 11.2. The van der Waals surface area contributed by atoms with Gasteiger partial charge in [-0.05, 0) is 48.0 Å². The van der Waals surface area contributed by atoms with Crippen LogP contribution in [0.25, 0.3) is 0 Å². The second-order valence-corrected chi connectivity index (χ2v) is 9.45. The lowest BCUT2D eigenvalue weighted by molar-refractivity contribution is -0.137. The zero-order valence-electron chi connectivity index (χ0n) is 19.2. The number of ether oxygens (including phenoxy) is 2. The number of nitrogens with one attached hydrogen (secondary N) is 1. The van der Waals surface area contributed by atoms with E-state index in [2.05, 4.69) is 10.3 Å². The first-order valence-corrected chi connectivity index (χ1v) is 12.1. The van der Waals surface area contributed by atoms with E-state index in [0.717, 1.165) is 29.5 Å². The molecule has 0 aromatic heterocycles. The number of rotatable bonds is 6. The van der Waals surface area contributed by atoms with Crippen LogP contribution < -0.4 is 14.8 Å². The minimum atomic E-state index is -4.53. The summed E-state index contributed by atoms with van der Waals surface area (Å²) in [6.45, 7) is 0.320. The van der Waals surface area contributed by atoms with Crippen LogP contribution in [-0.2, 0) is 22.3 Å². The monoisotopic (exact) mass is 527 g/mol. The summed E-state index contributed by atoms with van der Waals surface area (Å²) in [5.74, 6) is 0.300. The number of fused-ring (bicyclic) bond motifs is 1. The van der Waals surface area contributed by atoms with Crippen LogP contribution in [0.15, 0.2) is 77.8 Å². The smallest absolute Gasteiger partial charge is 0.416 e. The van der Waals surface area contributed by atoms with Gasteiger partial charge < -0.3 is 14.8 Å². The third kappa shape index (κ3) is 5.72. The van der Waals surface area contributed by atoms with Crippen LogP contribution in [0.5, 0.6) is 11.5 Å². The van der Waals surface area contributed by atoms with Crippen molar-refractivity contribution in [1.29, 1.82) is 0 Å². The SMILES string of the molecule is O=C(CC1SC(=Nc2ccccc2)N(Cc2ccc3c(c2)OCO3)C1=O)Nc1cccc(C(F)(F)F)c1. The van der Waals surface area contributed by atoms with Gasteiger partial charge in [-0.15, -0.1) is 0 Å². The molecule has 0 aliphatic carbocycles. The molecule has 2 heterocycles. The zero-order chi connectivity index (χ0) is 26.0. The van der Waals surface area contributed by atoms with Crippen molar-refractivity contribution in [3.63, 3.8) is 0 Å². The summed E-state index contributed by atoms with van der Waals surface area (Å²) in [4.78, 5) is 32.2. The molecule has 1 unspecified atom stereocenters. The van der Waals surface area contributed by atoms with Crippen molar-refractivity contribution in [2.45, 2.75) is 24.4 Å². The predicted molar refractivity (Wildman–Crippen MR) is 133 cm³/mol. The van der Waals surface area contributed by atoms with Gasteiger partial charge in [0, 0.05) is 12.1 Å². The van der Waals surface area contributed by atoms with E-state index in [9.17, 15) is 22.8 Å².